The van der Waals surface area contributed by atoms with E-state index >= 15 is 0 Å². The zero-order valence-electron chi connectivity index (χ0n) is 19.0. The molecule has 2 amide bonds. The zero-order valence-corrected chi connectivity index (χ0v) is 19.0. The second kappa shape index (κ2) is 12.5. The predicted octanol–water partition coefficient (Wildman–Crippen LogP) is 2.88. The van der Waals surface area contributed by atoms with Crippen LogP contribution in [0.25, 0.3) is 0 Å². The average molecular weight is 445 g/mol. The van der Waals surface area contributed by atoms with E-state index in [2.05, 4.69) is 23.8 Å². The lowest BCUT2D eigenvalue weighted by molar-refractivity contribution is -0.159. The lowest BCUT2D eigenvalue weighted by atomic mass is 10.1. The van der Waals surface area contributed by atoms with Gasteiger partial charge in [-0.3, -0.25) is 4.79 Å². The van der Waals surface area contributed by atoms with E-state index in [1.54, 1.807) is 63.3 Å². The van der Waals surface area contributed by atoms with Crippen molar-refractivity contribution in [2.75, 3.05) is 13.2 Å². The molecule has 0 saturated heterocycles. The van der Waals surface area contributed by atoms with Crippen LogP contribution in [-0.2, 0) is 19.1 Å². The number of carbonyl (C=O) groups is 3. The standard InChI is InChI=1S/C24H32N2O6/c1-7-9-17(8-2)14-25-21(28)20(18-12-10-16(3)11-13-18)31-22(29)19(15-27)26-23(30)32-24(4,5)6/h7-13,19-20,27H,1-2,14-15H2,3-6H3,(H,25,28)(H,26,30)/b17-9+/t19-,20?/m0/s1. The molecule has 0 bridgehead atoms. The Bertz CT molecular complexity index is 852. The van der Waals surface area contributed by atoms with Crippen LogP contribution < -0.4 is 10.6 Å². The third kappa shape index (κ3) is 9.18. The fourth-order valence-electron chi connectivity index (χ4n) is 2.47. The van der Waals surface area contributed by atoms with Crippen molar-refractivity contribution >= 4 is 18.0 Å². The highest BCUT2D eigenvalue weighted by atomic mass is 16.6. The van der Waals surface area contributed by atoms with Crippen LogP contribution in [0.5, 0.6) is 0 Å². The van der Waals surface area contributed by atoms with Gasteiger partial charge in [-0.1, -0.05) is 61.2 Å². The molecular formula is C24H32N2O6. The molecule has 1 aromatic carbocycles. The Hall–Kier alpha value is -3.39. The third-order valence-electron chi connectivity index (χ3n) is 4.07. The normalized spacial score (nSPS) is 13.3. The number of aryl methyl sites for hydroxylation is 1. The number of aliphatic hydroxyl groups is 1. The van der Waals surface area contributed by atoms with Crippen molar-refractivity contribution in [2.45, 2.75) is 45.4 Å². The Kier molecular flexibility index (Phi) is 10.4. The average Bonchev–Trinajstić information content (AvgIpc) is 2.72. The van der Waals surface area contributed by atoms with Crippen LogP contribution in [0.2, 0.25) is 0 Å². The Morgan fingerprint density at radius 3 is 2.28 bits per heavy atom. The number of esters is 1. The molecule has 0 saturated carbocycles. The highest BCUT2D eigenvalue weighted by molar-refractivity contribution is 5.87. The molecule has 3 N–H and O–H groups in total. The van der Waals surface area contributed by atoms with E-state index in [9.17, 15) is 19.5 Å². The molecule has 32 heavy (non-hydrogen) atoms. The molecule has 0 radical (unpaired) electrons. The molecule has 0 heterocycles. The summed E-state index contributed by atoms with van der Waals surface area (Å²) in [5.74, 6) is -1.56. The second-order valence-corrected chi connectivity index (χ2v) is 8.01. The van der Waals surface area contributed by atoms with Crippen molar-refractivity contribution in [3.8, 4) is 0 Å². The Labute approximate surface area is 189 Å². The van der Waals surface area contributed by atoms with Crippen molar-refractivity contribution in [3.63, 3.8) is 0 Å². The molecule has 1 aromatic rings. The number of rotatable bonds is 10. The number of carbonyl (C=O) groups excluding carboxylic acids is 3. The maximum absolute atomic E-state index is 12.9. The van der Waals surface area contributed by atoms with E-state index in [-0.39, 0.29) is 6.54 Å². The van der Waals surface area contributed by atoms with E-state index in [0.717, 1.165) is 5.56 Å². The van der Waals surface area contributed by atoms with Crippen LogP contribution in [0, 0.1) is 6.92 Å². The number of aliphatic hydroxyl groups excluding tert-OH is 1. The van der Waals surface area contributed by atoms with Gasteiger partial charge < -0.3 is 25.2 Å². The molecule has 0 aliphatic rings. The SMILES string of the molecule is C=C/C=C(\C=C)CNC(=O)C(OC(=O)[C@H](CO)NC(=O)OC(C)(C)C)c1ccc(C)cc1. The van der Waals surface area contributed by atoms with Crippen LogP contribution in [0.15, 0.2) is 61.2 Å². The molecule has 0 spiro atoms. The molecule has 0 aliphatic heterocycles. The van der Waals surface area contributed by atoms with Crippen molar-refractivity contribution in [1.82, 2.24) is 10.6 Å². The van der Waals surface area contributed by atoms with Gasteiger partial charge in [-0.25, -0.2) is 9.59 Å². The fraction of sp³-hybridized carbons (Fsp3) is 0.375. The zero-order chi connectivity index (χ0) is 24.3. The van der Waals surface area contributed by atoms with Gasteiger partial charge in [-0.05, 0) is 33.3 Å². The number of benzene rings is 1. The van der Waals surface area contributed by atoms with Gasteiger partial charge in [0.05, 0.1) is 6.61 Å². The number of ether oxygens (including phenoxy) is 2. The van der Waals surface area contributed by atoms with Crippen LogP contribution in [0.1, 0.15) is 38.0 Å². The Balaban J connectivity index is 3.02. The van der Waals surface area contributed by atoms with E-state index < -0.39 is 42.3 Å². The fourth-order valence-corrected chi connectivity index (χ4v) is 2.47. The lowest BCUT2D eigenvalue weighted by Gasteiger charge is -2.24. The molecule has 0 fully saturated rings. The highest BCUT2D eigenvalue weighted by Gasteiger charge is 2.31. The van der Waals surface area contributed by atoms with Crippen LogP contribution in [0.3, 0.4) is 0 Å². The summed E-state index contributed by atoms with van der Waals surface area (Å²) >= 11 is 0. The number of allylic oxidation sites excluding steroid dienone is 2. The first-order valence-electron chi connectivity index (χ1n) is 10.1. The van der Waals surface area contributed by atoms with Gasteiger partial charge in [0.1, 0.15) is 5.60 Å². The summed E-state index contributed by atoms with van der Waals surface area (Å²) in [4.78, 5) is 37.5. The van der Waals surface area contributed by atoms with E-state index in [4.69, 9.17) is 9.47 Å². The maximum atomic E-state index is 12.9. The van der Waals surface area contributed by atoms with Crippen molar-refractivity contribution < 1.29 is 29.0 Å². The Morgan fingerprint density at radius 2 is 1.78 bits per heavy atom. The first kappa shape index (κ1) is 26.6. The van der Waals surface area contributed by atoms with E-state index in [1.807, 2.05) is 6.92 Å². The summed E-state index contributed by atoms with van der Waals surface area (Å²) in [7, 11) is 0. The molecule has 8 heteroatoms. The molecule has 1 unspecified atom stereocenters. The lowest BCUT2D eigenvalue weighted by Crippen LogP contribution is -2.47. The molecule has 0 aliphatic carbocycles. The second-order valence-electron chi connectivity index (χ2n) is 8.01. The summed E-state index contributed by atoms with van der Waals surface area (Å²) in [6.07, 6.45) is 2.63. The summed E-state index contributed by atoms with van der Waals surface area (Å²) in [6.45, 7) is 13.6. The van der Waals surface area contributed by atoms with E-state index in [1.165, 1.54) is 0 Å². The van der Waals surface area contributed by atoms with Gasteiger partial charge in [-0.2, -0.15) is 0 Å². The van der Waals surface area contributed by atoms with Crippen LogP contribution >= 0.6 is 0 Å². The minimum Gasteiger partial charge on any atom is -0.446 e. The number of alkyl carbamates (subject to hydrolysis) is 1. The molecule has 8 nitrogen and oxygen atoms in total. The number of amides is 2. The van der Waals surface area contributed by atoms with Gasteiger partial charge >= 0.3 is 12.1 Å². The minimum absolute atomic E-state index is 0.147. The third-order valence-corrected chi connectivity index (χ3v) is 4.07. The van der Waals surface area contributed by atoms with Crippen LogP contribution in [-0.4, -0.2) is 47.9 Å². The first-order valence-corrected chi connectivity index (χ1v) is 10.1. The molecule has 0 aromatic heterocycles. The molecule has 174 valence electrons. The largest absolute Gasteiger partial charge is 0.446 e. The quantitative estimate of drug-likeness (QED) is 0.378. The highest BCUT2D eigenvalue weighted by Crippen LogP contribution is 2.20. The van der Waals surface area contributed by atoms with Crippen molar-refractivity contribution in [1.29, 1.82) is 0 Å². The molecule has 1 rings (SSSR count). The van der Waals surface area contributed by atoms with Gasteiger partial charge in [0.25, 0.3) is 5.91 Å². The summed E-state index contributed by atoms with van der Waals surface area (Å²) in [5.41, 5.74) is 1.31. The molecule has 2 atom stereocenters. The van der Waals surface area contributed by atoms with Gasteiger partial charge in [0.15, 0.2) is 6.04 Å². The summed E-state index contributed by atoms with van der Waals surface area (Å²) in [5, 5.41) is 14.5. The van der Waals surface area contributed by atoms with Gasteiger partial charge in [-0.15, -0.1) is 0 Å². The topological polar surface area (TPSA) is 114 Å². The van der Waals surface area contributed by atoms with Crippen LogP contribution in [0.4, 0.5) is 4.79 Å². The monoisotopic (exact) mass is 444 g/mol. The Morgan fingerprint density at radius 1 is 1.16 bits per heavy atom. The smallest absolute Gasteiger partial charge is 0.408 e. The number of hydrogen-bond acceptors (Lipinski definition) is 6. The summed E-state index contributed by atoms with van der Waals surface area (Å²) < 4.78 is 10.5. The first-order chi connectivity index (χ1) is 15.0. The predicted molar refractivity (Wildman–Crippen MR) is 122 cm³/mol. The maximum Gasteiger partial charge on any atom is 0.408 e. The minimum atomic E-state index is -1.41. The molecular weight excluding hydrogens is 412 g/mol. The van der Waals surface area contributed by atoms with Gasteiger partial charge in [0, 0.05) is 12.1 Å². The number of hydrogen-bond donors (Lipinski definition) is 3. The van der Waals surface area contributed by atoms with Crippen molar-refractivity contribution in [2.24, 2.45) is 0 Å². The summed E-state index contributed by atoms with van der Waals surface area (Å²) in [6, 6.07) is 5.47. The van der Waals surface area contributed by atoms with Crippen molar-refractivity contribution in [3.05, 3.63) is 72.4 Å². The number of nitrogens with one attached hydrogen (secondary N) is 2. The van der Waals surface area contributed by atoms with Gasteiger partial charge in [0.2, 0.25) is 6.10 Å². The van der Waals surface area contributed by atoms with E-state index in [0.29, 0.717) is 11.1 Å².